The monoisotopic (exact) mass is 571 g/mol. The van der Waals surface area contributed by atoms with Crippen LogP contribution in [0.4, 0.5) is 23.0 Å². The van der Waals surface area contributed by atoms with Crippen LogP contribution < -0.4 is 21.3 Å². The molecule has 3 aliphatic heterocycles. The number of primary amides is 1. The van der Waals surface area contributed by atoms with Gasteiger partial charge in [-0.3, -0.25) is 14.7 Å². The van der Waals surface area contributed by atoms with E-state index >= 15 is 0 Å². The lowest BCUT2D eigenvalue weighted by molar-refractivity contribution is 0.0904. The molecule has 222 valence electrons. The maximum absolute atomic E-state index is 12.5. The third-order valence-electron chi connectivity index (χ3n) is 8.64. The molecular weight excluding hydrogens is 530 g/mol. The van der Waals surface area contributed by atoms with Crippen molar-refractivity contribution in [3.05, 3.63) is 54.5 Å². The number of aromatic nitrogens is 3. The molecule has 0 spiro atoms. The van der Waals surface area contributed by atoms with Crippen molar-refractivity contribution in [3.8, 4) is 11.3 Å². The molecule has 3 fully saturated rings. The zero-order valence-corrected chi connectivity index (χ0v) is 24.3. The molecule has 0 atom stereocenters. The maximum Gasteiger partial charge on any atom is 0.271 e. The normalized spacial score (nSPS) is 19.5. The summed E-state index contributed by atoms with van der Waals surface area (Å²) in [6, 6.07) is 12.9. The minimum absolute atomic E-state index is 0.0847. The van der Waals surface area contributed by atoms with E-state index in [9.17, 15) is 4.79 Å². The van der Waals surface area contributed by atoms with E-state index in [-0.39, 0.29) is 11.7 Å². The molecule has 11 nitrogen and oxygen atoms in total. The largest absolute Gasteiger partial charge is 0.381 e. The van der Waals surface area contributed by atoms with Crippen molar-refractivity contribution in [1.82, 2.24) is 24.8 Å². The Bertz CT molecular complexity index is 1330. The lowest BCUT2D eigenvalue weighted by atomic mass is 10.0. The van der Waals surface area contributed by atoms with Crippen LogP contribution in [0.3, 0.4) is 0 Å². The number of carbonyl (C=O) groups excluding carboxylic acids is 1. The number of nitrogens with zero attached hydrogens (tertiary/aromatic N) is 6. The number of likely N-dealkylation sites (N-methyl/N-ethyl adjacent to an activating group) is 1. The third kappa shape index (κ3) is 6.64. The number of piperidine rings is 1. The second-order valence-corrected chi connectivity index (χ2v) is 11.5. The zero-order chi connectivity index (χ0) is 28.9. The molecule has 1 amide bonds. The first-order chi connectivity index (χ1) is 20.5. The molecule has 6 rings (SSSR count). The second kappa shape index (κ2) is 13.0. The van der Waals surface area contributed by atoms with Crippen molar-refractivity contribution >= 4 is 28.9 Å². The fraction of sp³-hybridized carbons (Fsp3) is 0.484. The number of carbonyl (C=O) groups is 1. The molecule has 2 aromatic heterocycles. The van der Waals surface area contributed by atoms with E-state index in [1.54, 1.807) is 12.4 Å². The van der Waals surface area contributed by atoms with Crippen molar-refractivity contribution in [1.29, 1.82) is 0 Å². The SMILES string of the molecule is CN1CCN(C2CCN(c3ccc(Nc4nc(NC5CCOCC5)c(-c5cccnc5)nc4C(N)=O)cc3)CC2)CC1. The van der Waals surface area contributed by atoms with Crippen molar-refractivity contribution in [2.75, 3.05) is 75.1 Å². The summed E-state index contributed by atoms with van der Waals surface area (Å²) in [4.78, 5) is 33.9. The number of nitrogens with one attached hydrogen (secondary N) is 2. The van der Waals surface area contributed by atoms with E-state index in [0.29, 0.717) is 36.6 Å². The minimum Gasteiger partial charge on any atom is -0.381 e. The van der Waals surface area contributed by atoms with Gasteiger partial charge in [0, 0.05) is 93.9 Å². The lowest BCUT2D eigenvalue weighted by Crippen LogP contribution is -2.52. The molecule has 1 aromatic carbocycles. The number of pyridine rings is 1. The molecule has 0 radical (unpaired) electrons. The highest BCUT2D eigenvalue weighted by atomic mass is 16.5. The van der Waals surface area contributed by atoms with Gasteiger partial charge in [0.2, 0.25) is 0 Å². The van der Waals surface area contributed by atoms with Gasteiger partial charge in [0.15, 0.2) is 17.3 Å². The molecule has 5 heterocycles. The van der Waals surface area contributed by atoms with E-state index in [0.717, 1.165) is 50.3 Å². The Labute approximate surface area is 247 Å². The van der Waals surface area contributed by atoms with Crippen molar-refractivity contribution < 1.29 is 9.53 Å². The average molecular weight is 572 g/mol. The van der Waals surface area contributed by atoms with E-state index < -0.39 is 5.91 Å². The van der Waals surface area contributed by atoms with Crippen LogP contribution in [0.25, 0.3) is 11.3 Å². The molecule has 0 saturated carbocycles. The molecule has 3 aliphatic rings. The molecule has 0 aliphatic carbocycles. The van der Waals surface area contributed by atoms with Gasteiger partial charge >= 0.3 is 0 Å². The van der Waals surface area contributed by atoms with Crippen LogP contribution in [0, 0.1) is 0 Å². The number of amides is 1. The average Bonchev–Trinajstić information content (AvgIpc) is 3.03. The van der Waals surface area contributed by atoms with Crippen molar-refractivity contribution in [3.63, 3.8) is 0 Å². The van der Waals surface area contributed by atoms with Gasteiger partial charge in [-0.1, -0.05) is 0 Å². The minimum atomic E-state index is -0.646. The number of hydrogen-bond acceptors (Lipinski definition) is 10. The molecule has 3 saturated heterocycles. The predicted molar refractivity (Wildman–Crippen MR) is 165 cm³/mol. The highest BCUT2D eigenvalue weighted by Gasteiger charge is 2.27. The van der Waals surface area contributed by atoms with Crippen molar-refractivity contribution in [2.24, 2.45) is 5.73 Å². The number of piperazine rings is 1. The molecule has 3 aromatic rings. The maximum atomic E-state index is 12.5. The topological polar surface area (TPSA) is 125 Å². The summed E-state index contributed by atoms with van der Waals surface area (Å²) in [7, 11) is 2.21. The van der Waals surface area contributed by atoms with Gasteiger partial charge in [-0.25, -0.2) is 9.97 Å². The van der Waals surface area contributed by atoms with Crippen LogP contribution in [0.15, 0.2) is 48.8 Å². The lowest BCUT2D eigenvalue weighted by Gasteiger charge is -2.42. The Morgan fingerprint density at radius 3 is 2.33 bits per heavy atom. The predicted octanol–water partition coefficient (Wildman–Crippen LogP) is 3.19. The number of benzene rings is 1. The Hall–Kier alpha value is -3.80. The number of anilines is 4. The Morgan fingerprint density at radius 2 is 1.67 bits per heavy atom. The standard InChI is InChI=1S/C31H41N9O2/c1-38-15-17-40(18-16-38)26-8-13-39(14-9-26)25-6-4-23(5-7-25)34-31-28(29(32)41)36-27(22-3-2-12-33-21-22)30(37-31)35-24-10-19-42-20-11-24/h2-7,12,21,24,26H,8-11,13-20H2,1H3,(H2,32,41)(H2,34,35,37). The summed E-state index contributed by atoms with van der Waals surface area (Å²) in [6.45, 7) is 8.16. The van der Waals surface area contributed by atoms with Gasteiger partial charge in [0.25, 0.3) is 5.91 Å². The molecule has 0 bridgehead atoms. The Kier molecular flexibility index (Phi) is 8.78. The van der Waals surface area contributed by atoms with Crippen LogP contribution in [-0.2, 0) is 4.74 Å². The van der Waals surface area contributed by atoms with Crippen LogP contribution in [0.1, 0.15) is 36.2 Å². The van der Waals surface area contributed by atoms with Crippen LogP contribution in [0.2, 0.25) is 0 Å². The highest BCUT2D eigenvalue weighted by molar-refractivity contribution is 5.97. The molecule has 42 heavy (non-hydrogen) atoms. The van der Waals surface area contributed by atoms with Gasteiger partial charge < -0.3 is 30.9 Å². The number of nitrogens with two attached hydrogens (primary N) is 1. The first-order valence-corrected chi connectivity index (χ1v) is 15.0. The summed E-state index contributed by atoms with van der Waals surface area (Å²) in [6.07, 6.45) is 7.52. The number of rotatable bonds is 8. The van der Waals surface area contributed by atoms with Crippen molar-refractivity contribution in [2.45, 2.75) is 37.8 Å². The van der Waals surface area contributed by atoms with Gasteiger partial charge in [0.05, 0.1) is 0 Å². The molecule has 4 N–H and O–H groups in total. The summed E-state index contributed by atoms with van der Waals surface area (Å²) in [5, 5.41) is 6.85. The zero-order valence-electron chi connectivity index (χ0n) is 24.3. The first kappa shape index (κ1) is 28.3. The third-order valence-corrected chi connectivity index (χ3v) is 8.64. The second-order valence-electron chi connectivity index (χ2n) is 11.5. The Balaban J connectivity index is 1.18. The Morgan fingerprint density at radius 1 is 0.929 bits per heavy atom. The van der Waals surface area contributed by atoms with Gasteiger partial charge in [0.1, 0.15) is 5.69 Å². The van der Waals surface area contributed by atoms with E-state index in [4.69, 9.17) is 20.4 Å². The van der Waals surface area contributed by atoms with Crippen LogP contribution >= 0.6 is 0 Å². The fourth-order valence-corrected chi connectivity index (χ4v) is 6.10. The summed E-state index contributed by atoms with van der Waals surface area (Å²) in [5.41, 5.74) is 9.20. The van der Waals surface area contributed by atoms with Gasteiger partial charge in [-0.2, -0.15) is 0 Å². The van der Waals surface area contributed by atoms with E-state index in [1.807, 2.05) is 24.3 Å². The highest BCUT2D eigenvalue weighted by Crippen LogP contribution is 2.31. The fourth-order valence-electron chi connectivity index (χ4n) is 6.10. The van der Waals surface area contributed by atoms with E-state index in [1.165, 1.54) is 31.6 Å². The van der Waals surface area contributed by atoms with Crippen LogP contribution in [0.5, 0.6) is 0 Å². The van der Waals surface area contributed by atoms with Gasteiger partial charge in [-0.05, 0) is 69.1 Å². The smallest absolute Gasteiger partial charge is 0.271 e. The molecule has 0 unspecified atom stereocenters. The van der Waals surface area contributed by atoms with E-state index in [2.05, 4.69) is 49.5 Å². The number of ether oxygens (including phenoxy) is 1. The van der Waals surface area contributed by atoms with Gasteiger partial charge in [-0.15, -0.1) is 0 Å². The number of hydrogen-bond donors (Lipinski definition) is 3. The quantitative estimate of drug-likeness (QED) is 0.371. The summed E-state index contributed by atoms with van der Waals surface area (Å²) >= 11 is 0. The first-order valence-electron chi connectivity index (χ1n) is 15.0. The molecule has 11 heteroatoms. The van der Waals surface area contributed by atoms with Crippen LogP contribution in [-0.4, -0.2) is 102 Å². The molecular formula is C31H41N9O2. The summed E-state index contributed by atoms with van der Waals surface area (Å²) < 4.78 is 5.53. The summed E-state index contributed by atoms with van der Waals surface area (Å²) in [5.74, 6) is 0.264.